The number of carbonyl (C=O) groups is 1. The van der Waals surface area contributed by atoms with E-state index in [4.69, 9.17) is 9.15 Å². The number of carbonyl (C=O) groups excluding carboxylic acids is 1. The van der Waals surface area contributed by atoms with E-state index in [0.717, 1.165) is 0 Å². The Bertz CT molecular complexity index is 478. The monoisotopic (exact) mass is 240 g/mol. The summed E-state index contributed by atoms with van der Waals surface area (Å²) in [6.07, 6.45) is 0. The van der Waals surface area contributed by atoms with E-state index in [-0.39, 0.29) is 41.9 Å². The van der Waals surface area contributed by atoms with E-state index in [9.17, 15) is 9.90 Å². The van der Waals surface area contributed by atoms with Gasteiger partial charge < -0.3 is 19.1 Å². The second-order valence-electron chi connectivity index (χ2n) is 3.16. The van der Waals surface area contributed by atoms with Crippen molar-refractivity contribution < 1.29 is 48.6 Å². The number of furan rings is 1. The van der Waals surface area contributed by atoms with E-state index >= 15 is 0 Å². The van der Waals surface area contributed by atoms with Crippen LogP contribution in [0.5, 0.6) is 5.75 Å². The molecule has 0 aliphatic heterocycles. The zero-order valence-electron chi connectivity index (χ0n) is 9.38. The van der Waals surface area contributed by atoms with Crippen molar-refractivity contribution in [1.82, 2.24) is 0 Å². The summed E-state index contributed by atoms with van der Waals surface area (Å²) in [4.78, 5) is 10.4. The van der Waals surface area contributed by atoms with Crippen molar-refractivity contribution in [2.24, 2.45) is 0 Å². The van der Waals surface area contributed by atoms with Crippen LogP contribution >= 0.6 is 0 Å². The molecular formula is C12H9NaO4. The molecule has 0 fully saturated rings. The van der Waals surface area contributed by atoms with Crippen LogP contribution in [0.4, 0.5) is 0 Å². The van der Waals surface area contributed by atoms with E-state index in [1.165, 1.54) is 6.07 Å². The second kappa shape index (κ2) is 6.49. The van der Waals surface area contributed by atoms with Crippen LogP contribution in [0.1, 0.15) is 16.3 Å². The molecule has 0 saturated carbocycles. The van der Waals surface area contributed by atoms with Crippen LogP contribution in [0.25, 0.3) is 0 Å². The Morgan fingerprint density at radius 2 is 1.88 bits per heavy atom. The predicted molar refractivity (Wildman–Crippen MR) is 53.8 cm³/mol. The number of hydrogen-bond donors (Lipinski definition) is 0. The van der Waals surface area contributed by atoms with Crippen molar-refractivity contribution >= 4 is 5.97 Å². The topological polar surface area (TPSA) is 62.5 Å². The van der Waals surface area contributed by atoms with Gasteiger partial charge in [0.2, 0.25) is 0 Å². The first-order valence-electron chi connectivity index (χ1n) is 4.73. The maximum atomic E-state index is 10.4. The molecule has 0 aliphatic carbocycles. The molecule has 0 saturated heterocycles. The average molecular weight is 240 g/mol. The Kier molecular flexibility index (Phi) is 5.28. The van der Waals surface area contributed by atoms with Crippen LogP contribution < -0.4 is 39.4 Å². The molecule has 1 aromatic carbocycles. The fourth-order valence-electron chi connectivity index (χ4n) is 1.24. The summed E-state index contributed by atoms with van der Waals surface area (Å²) in [7, 11) is 0. The SMILES string of the molecule is O=C([O-])c1ccc(COc2ccccc2)o1.[Na+]. The first-order valence-corrected chi connectivity index (χ1v) is 4.73. The molecule has 5 heteroatoms. The minimum Gasteiger partial charge on any atom is -0.542 e. The number of carboxylic acids is 1. The van der Waals surface area contributed by atoms with E-state index in [1.807, 2.05) is 30.3 Å². The summed E-state index contributed by atoms with van der Waals surface area (Å²) < 4.78 is 10.4. The largest absolute Gasteiger partial charge is 1.00 e. The minimum absolute atomic E-state index is 0. The van der Waals surface area contributed by atoms with Gasteiger partial charge in [0.15, 0.2) is 0 Å². The van der Waals surface area contributed by atoms with Crippen molar-refractivity contribution in [3.8, 4) is 5.75 Å². The van der Waals surface area contributed by atoms with E-state index < -0.39 is 5.97 Å². The van der Waals surface area contributed by atoms with Crippen molar-refractivity contribution in [3.05, 3.63) is 54.0 Å². The van der Waals surface area contributed by atoms with Crippen LogP contribution in [0.2, 0.25) is 0 Å². The van der Waals surface area contributed by atoms with Crippen molar-refractivity contribution in [2.75, 3.05) is 0 Å². The third-order valence-electron chi connectivity index (χ3n) is 1.99. The van der Waals surface area contributed by atoms with Gasteiger partial charge >= 0.3 is 29.6 Å². The van der Waals surface area contributed by atoms with Gasteiger partial charge in [-0.25, -0.2) is 0 Å². The van der Waals surface area contributed by atoms with Gasteiger partial charge in [-0.1, -0.05) is 18.2 Å². The molecule has 1 heterocycles. The molecule has 1 aromatic heterocycles. The number of carboxylic acid groups (broad SMARTS) is 1. The summed E-state index contributed by atoms with van der Waals surface area (Å²) >= 11 is 0. The Morgan fingerprint density at radius 1 is 1.18 bits per heavy atom. The number of hydrogen-bond acceptors (Lipinski definition) is 4. The van der Waals surface area contributed by atoms with Crippen molar-refractivity contribution in [2.45, 2.75) is 6.61 Å². The first kappa shape index (κ1) is 13.8. The zero-order chi connectivity index (χ0) is 11.4. The number of benzene rings is 1. The van der Waals surface area contributed by atoms with Crippen LogP contribution in [0, 0.1) is 0 Å². The predicted octanol–water partition coefficient (Wildman–Crippen LogP) is -1.77. The molecular weight excluding hydrogens is 231 g/mol. The fourth-order valence-corrected chi connectivity index (χ4v) is 1.24. The number of para-hydroxylation sites is 1. The van der Waals surface area contributed by atoms with E-state index in [0.29, 0.717) is 11.5 Å². The van der Waals surface area contributed by atoms with Crippen LogP contribution in [-0.4, -0.2) is 5.97 Å². The van der Waals surface area contributed by atoms with Crippen LogP contribution in [0.15, 0.2) is 46.9 Å². The van der Waals surface area contributed by atoms with Crippen LogP contribution in [0.3, 0.4) is 0 Å². The fraction of sp³-hybridized carbons (Fsp3) is 0.0833. The van der Waals surface area contributed by atoms with Gasteiger partial charge in [0.05, 0.1) is 0 Å². The summed E-state index contributed by atoms with van der Waals surface area (Å²) in [5.74, 6) is -0.366. The number of aromatic carboxylic acids is 1. The molecule has 17 heavy (non-hydrogen) atoms. The average Bonchev–Trinajstić information content (AvgIpc) is 2.76. The van der Waals surface area contributed by atoms with Gasteiger partial charge in [-0.05, 0) is 24.3 Å². The van der Waals surface area contributed by atoms with Gasteiger partial charge in [-0.3, -0.25) is 0 Å². The summed E-state index contributed by atoms with van der Waals surface area (Å²) in [5.41, 5.74) is 0. The molecule has 82 valence electrons. The van der Waals surface area contributed by atoms with Crippen LogP contribution in [-0.2, 0) is 6.61 Å². The molecule has 0 amide bonds. The van der Waals surface area contributed by atoms with Crippen molar-refractivity contribution in [3.63, 3.8) is 0 Å². The molecule has 4 nitrogen and oxygen atoms in total. The number of ether oxygens (including phenoxy) is 1. The maximum Gasteiger partial charge on any atom is 1.00 e. The summed E-state index contributed by atoms with van der Waals surface area (Å²) in [6, 6.07) is 12.1. The second-order valence-corrected chi connectivity index (χ2v) is 3.16. The summed E-state index contributed by atoms with van der Waals surface area (Å²) in [5, 5.41) is 10.4. The molecule has 2 aromatic rings. The Balaban J connectivity index is 0.00000144. The molecule has 0 bridgehead atoms. The molecule has 0 aliphatic rings. The molecule has 0 N–H and O–H groups in total. The normalized spacial score (nSPS) is 9.41. The smallest absolute Gasteiger partial charge is 0.542 e. The molecule has 0 radical (unpaired) electrons. The Labute approximate surface area is 120 Å². The van der Waals surface area contributed by atoms with E-state index in [2.05, 4.69) is 0 Å². The third-order valence-corrected chi connectivity index (χ3v) is 1.99. The number of rotatable bonds is 4. The molecule has 0 spiro atoms. The Morgan fingerprint density at radius 3 is 2.47 bits per heavy atom. The van der Waals surface area contributed by atoms with Gasteiger partial charge in [-0.2, -0.15) is 0 Å². The molecule has 2 rings (SSSR count). The van der Waals surface area contributed by atoms with Gasteiger partial charge in [0, 0.05) is 0 Å². The van der Waals surface area contributed by atoms with E-state index in [1.54, 1.807) is 6.07 Å². The maximum absolute atomic E-state index is 10.4. The quantitative estimate of drug-likeness (QED) is 0.593. The third kappa shape index (κ3) is 3.93. The molecule has 0 unspecified atom stereocenters. The Hall–Kier alpha value is -1.23. The zero-order valence-corrected chi connectivity index (χ0v) is 11.4. The van der Waals surface area contributed by atoms with Crippen molar-refractivity contribution in [1.29, 1.82) is 0 Å². The van der Waals surface area contributed by atoms with Gasteiger partial charge in [-0.15, -0.1) is 0 Å². The van der Waals surface area contributed by atoms with Gasteiger partial charge in [0.1, 0.15) is 29.8 Å². The summed E-state index contributed by atoms with van der Waals surface area (Å²) in [6.45, 7) is 0.192. The minimum atomic E-state index is -1.33. The standard InChI is InChI=1S/C12H10O4.Na/c13-12(14)11-7-6-10(16-11)8-15-9-4-2-1-3-5-9;/h1-7H,8H2,(H,13,14);/q;+1/p-1. The van der Waals surface area contributed by atoms with Gasteiger partial charge in [0.25, 0.3) is 0 Å². The first-order chi connectivity index (χ1) is 7.75. The molecule has 0 atom stereocenters.